The lowest BCUT2D eigenvalue weighted by Crippen LogP contribution is -2.31. The second kappa shape index (κ2) is 4.48. The topological polar surface area (TPSA) is 3.88 Å². The van der Waals surface area contributed by atoms with E-state index < -0.39 is 0 Å². The summed E-state index contributed by atoms with van der Waals surface area (Å²) in [4.78, 5) is 0. The maximum Gasteiger partial charge on any atom is 0.212 e. The molecule has 0 fully saturated rings. The van der Waals surface area contributed by atoms with Crippen molar-refractivity contribution in [3.63, 3.8) is 0 Å². The van der Waals surface area contributed by atoms with Crippen LogP contribution in [0.15, 0.2) is 42.6 Å². The number of pyridine rings is 1. The monoisotopic (exact) mass is 212 g/mol. The molecule has 0 spiro atoms. The fourth-order valence-electron chi connectivity index (χ4n) is 2.01. The Morgan fingerprint density at radius 1 is 1.06 bits per heavy atom. The van der Waals surface area contributed by atoms with Crippen LogP contribution in [0.5, 0.6) is 0 Å². The summed E-state index contributed by atoms with van der Waals surface area (Å²) in [6, 6.07) is 12.9. The standard InChI is InChI=1S/C15H18N/c1-4-13-9-10-15(16(3)11-13)14-8-6-5-7-12(14)2/h5-11H,4H2,1-3H3/q+1. The number of aryl methyl sites for hydroxylation is 3. The van der Waals surface area contributed by atoms with Crippen molar-refractivity contribution in [1.82, 2.24) is 0 Å². The fourth-order valence-corrected chi connectivity index (χ4v) is 2.01. The van der Waals surface area contributed by atoms with Crippen molar-refractivity contribution in [3.05, 3.63) is 53.7 Å². The van der Waals surface area contributed by atoms with E-state index in [0.29, 0.717) is 0 Å². The molecule has 1 heteroatoms. The Morgan fingerprint density at radius 3 is 2.44 bits per heavy atom. The van der Waals surface area contributed by atoms with Gasteiger partial charge in [-0.05, 0) is 31.0 Å². The highest BCUT2D eigenvalue weighted by atomic mass is 14.9. The molecule has 0 unspecified atom stereocenters. The van der Waals surface area contributed by atoms with Gasteiger partial charge in [-0.15, -0.1) is 0 Å². The van der Waals surface area contributed by atoms with E-state index in [-0.39, 0.29) is 0 Å². The van der Waals surface area contributed by atoms with Crippen LogP contribution in [0.25, 0.3) is 11.3 Å². The molecule has 0 aliphatic carbocycles. The second-order valence-electron chi connectivity index (χ2n) is 4.20. The van der Waals surface area contributed by atoms with Crippen molar-refractivity contribution in [2.24, 2.45) is 7.05 Å². The Kier molecular flexibility index (Phi) is 3.04. The largest absolute Gasteiger partial charge is 0.212 e. The zero-order valence-corrected chi connectivity index (χ0v) is 10.2. The molecule has 1 nitrogen and oxygen atoms in total. The van der Waals surface area contributed by atoms with Crippen LogP contribution in [0.4, 0.5) is 0 Å². The molecular weight excluding hydrogens is 194 g/mol. The van der Waals surface area contributed by atoms with Crippen LogP contribution in [0.1, 0.15) is 18.1 Å². The normalized spacial score (nSPS) is 10.4. The van der Waals surface area contributed by atoms with Gasteiger partial charge >= 0.3 is 0 Å². The third-order valence-electron chi connectivity index (χ3n) is 3.02. The molecule has 2 aromatic rings. The van der Waals surface area contributed by atoms with Gasteiger partial charge in [0.2, 0.25) is 5.69 Å². The first-order valence-electron chi connectivity index (χ1n) is 5.77. The van der Waals surface area contributed by atoms with Gasteiger partial charge in [-0.25, -0.2) is 4.57 Å². The van der Waals surface area contributed by atoms with Crippen LogP contribution in [0.3, 0.4) is 0 Å². The number of hydrogen-bond acceptors (Lipinski definition) is 0. The number of aromatic nitrogens is 1. The fraction of sp³-hybridized carbons (Fsp3) is 0.267. The summed E-state index contributed by atoms with van der Waals surface area (Å²) in [6.07, 6.45) is 3.30. The van der Waals surface area contributed by atoms with Gasteiger partial charge in [0.25, 0.3) is 0 Å². The number of nitrogens with zero attached hydrogens (tertiary/aromatic N) is 1. The van der Waals surface area contributed by atoms with E-state index in [0.717, 1.165) is 6.42 Å². The van der Waals surface area contributed by atoms with Crippen molar-refractivity contribution < 1.29 is 4.57 Å². The SMILES string of the molecule is CCc1ccc(-c2ccccc2C)[n+](C)c1. The van der Waals surface area contributed by atoms with E-state index in [1.807, 2.05) is 0 Å². The van der Waals surface area contributed by atoms with E-state index in [1.165, 1.54) is 22.4 Å². The average Bonchev–Trinajstić information content (AvgIpc) is 2.30. The first-order chi connectivity index (χ1) is 7.72. The summed E-state index contributed by atoms with van der Waals surface area (Å²) in [6.45, 7) is 4.34. The minimum Gasteiger partial charge on any atom is -0.201 e. The maximum absolute atomic E-state index is 2.21. The third-order valence-corrected chi connectivity index (χ3v) is 3.02. The van der Waals surface area contributed by atoms with Crippen LogP contribution in [-0.4, -0.2) is 0 Å². The van der Waals surface area contributed by atoms with E-state index in [1.54, 1.807) is 0 Å². The Balaban J connectivity index is 2.53. The van der Waals surface area contributed by atoms with Crippen LogP contribution in [0, 0.1) is 6.92 Å². The van der Waals surface area contributed by atoms with Gasteiger partial charge < -0.3 is 0 Å². The molecule has 16 heavy (non-hydrogen) atoms. The molecule has 0 atom stereocenters. The molecular formula is C15H18N+. The molecule has 0 aliphatic rings. The van der Waals surface area contributed by atoms with Gasteiger partial charge in [-0.3, -0.25) is 0 Å². The lowest BCUT2D eigenvalue weighted by atomic mass is 10.0. The minimum absolute atomic E-state index is 1.09. The Morgan fingerprint density at radius 2 is 1.81 bits per heavy atom. The molecule has 0 saturated carbocycles. The lowest BCUT2D eigenvalue weighted by molar-refractivity contribution is -0.660. The third kappa shape index (κ3) is 1.99. The van der Waals surface area contributed by atoms with Crippen molar-refractivity contribution >= 4 is 0 Å². The summed E-state index contributed by atoms with van der Waals surface area (Å²) in [5.74, 6) is 0. The predicted molar refractivity (Wildman–Crippen MR) is 67.2 cm³/mol. The van der Waals surface area contributed by atoms with Gasteiger partial charge in [-0.2, -0.15) is 0 Å². The molecule has 1 aromatic carbocycles. The van der Waals surface area contributed by atoms with Gasteiger partial charge in [0, 0.05) is 17.2 Å². The summed E-state index contributed by atoms with van der Waals surface area (Å²) in [7, 11) is 2.11. The molecule has 0 N–H and O–H groups in total. The molecule has 1 heterocycles. The van der Waals surface area contributed by atoms with E-state index in [9.17, 15) is 0 Å². The van der Waals surface area contributed by atoms with Crippen LogP contribution in [0.2, 0.25) is 0 Å². The molecule has 1 aromatic heterocycles. The highest BCUT2D eigenvalue weighted by molar-refractivity contribution is 5.60. The number of benzene rings is 1. The molecule has 0 saturated heterocycles. The van der Waals surface area contributed by atoms with E-state index in [4.69, 9.17) is 0 Å². The number of rotatable bonds is 2. The maximum atomic E-state index is 2.21. The Hall–Kier alpha value is -1.63. The summed E-state index contributed by atoms with van der Waals surface area (Å²) in [5.41, 5.74) is 5.28. The first-order valence-corrected chi connectivity index (χ1v) is 5.77. The zero-order valence-electron chi connectivity index (χ0n) is 10.2. The quantitative estimate of drug-likeness (QED) is 0.674. The smallest absolute Gasteiger partial charge is 0.201 e. The number of hydrogen-bond donors (Lipinski definition) is 0. The van der Waals surface area contributed by atoms with E-state index in [2.05, 4.69) is 68.1 Å². The van der Waals surface area contributed by atoms with Gasteiger partial charge in [0.15, 0.2) is 6.20 Å². The van der Waals surface area contributed by atoms with Crippen molar-refractivity contribution in [3.8, 4) is 11.3 Å². The Labute approximate surface area is 97.4 Å². The van der Waals surface area contributed by atoms with Crippen LogP contribution in [-0.2, 0) is 13.5 Å². The van der Waals surface area contributed by atoms with Gasteiger partial charge in [0.1, 0.15) is 7.05 Å². The summed E-state index contributed by atoms with van der Waals surface area (Å²) < 4.78 is 2.21. The van der Waals surface area contributed by atoms with Crippen LogP contribution >= 0.6 is 0 Å². The van der Waals surface area contributed by atoms with E-state index >= 15 is 0 Å². The Bertz CT molecular complexity index is 501. The molecule has 2 rings (SSSR count). The lowest BCUT2D eigenvalue weighted by Gasteiger charge is -2.04. The second-order valence-corrected chi connectivity index (χ2v) is 4.20. The highest BCUT2D eigenvalue weighted by Gasteiger charge is 2.11. The van der Waals surface area contributed by atoms with Crippen molar-refractivity contribution in [2.75, 3.05) is 0 Å². The summed E-state index contributed by atoms with van der Waals surface area (Å²) >= 11 is 0. The van der Waals surface area contributed by atoms with Gasteiger partial charge in [-0.1, -0.05) is 25.1 Å². The molecule has 0 aliphatic heterocycles. The molecule has 0 bridgehead atoms. The molecule has 0 amide bonds. The predicted octanol–water partition coefficient (Wildman–Crippen LogP) is 3.05. The first kappa shape index (κ1) is 10.9. The zero-order chi connectivity index (χ0) is 11.5. The molecule has 0 radical (unpaired) electrons. The molecule has 82 valence electrons. The minimum atomic E-state index is 1.09. The van der Waals surface area contributed by atoms with Gasteiger partial charge in [0.05, 0.1) is 0 Å². The average molecular weight is 212 g/mol. The van der Waals surface area contributed by atoms with Crippen molar-refractivity contribution in [2.45, 2.75) is 20.3 Å². The van der Waals surface area contributed by atoms with Crippen LogP contribution < -0.4 is 4.57 Å². The van der Waals surface area contributed by atoms with Crippen molar-refractivity contribution in [1.29, 1.82) is 0 Å². The highest BCUT2D eigenvalue weighted by Crippen LogP contribution is 2.19. The summed E-state index contributed by atoms with van der Waals surface area (Å²) in [5, 5.41) is 0.